The van der Waals surface area contributed by atoms with Crippen LogP contribution in [0, 0.1) is 19.8 Å². The number of urea groups is 1. The third kappa shape index (κ3) is 3.81. The van der Waals surface area contributed by atoms with Crippen molar-refractivity contribution in [1.82, 2.24) is 14.7 Å². The number of carbonyl (C=O) groups excluding carboxylic acids is 1. The Hall–Kier alpha value is -2.83. The molecule has 1 fully saturated rings. The number of carboxylic acid groups (broad SMARTS) is 1. The van der Waals surface area contributed by atoms with Crippen LogP contribution in [0.3, 0.4) is 0 Å². The number of hydrogen-bond donors (Lipinski definition) is 2. The summed E-state index contributed by atoms with van der Waals surface area (Å²) in [5, 5.41) is 16.2. The second-order valence-electron chi connectivity index (χ2n) is 6.49. The number of amides is 2. The van der Waals surface area contributed by atoms with Crippen LogP contribution < -0.4 is 5.32 Å². The predicted octanol–water partition coefficient (Wildman–Crippen LogP) is 2.82. The van der Waals surface area contributed by atoms with Gasteiger partial charge in [0.05, 0.1) is 29.7 Å². The number of anilines is 1. The molecule has 0 spiro atoms. The summed E-state index contributed by atoms with van der Waals surface area (Å²) in [7, 11) is 0. The Balaban J connectivity index is 1.63. The standard InChI is InChI=1S/C18H22N4O3/c1-12-3-4-16(13(2)9-12)22-11-15(10-19-22)20-18(25)21-7-5-14(6-8-21)17(23)24/h3-4,9-11,14H,5-8H2,1-2H3,(H,20,25)(H,23,24). The molecule has 0 bridgehead atoms. The average Bonchev–Trinajstić information content (AvgIpc) is 3.03. The van der Waals surface area contributed by atoms with E-state index in [9.17, 15) is 9.59 Å². The molecule has 2 N–H and O–H groups in total. The van der Waals surface area contributed by atoms with Gasteiger partial charge >= 0.3 is 12.0 Å². The van der Waals surface area contributed by atoms with Gasteiger partial charge in [-0.05, 0) is 38.3 Å². The molecule has 2 aromatic rings. The minimum atomic E-state index is -0.783. The Kier molecular flexibility index (Phi) is 4.74. The van der Waals surface area contributed by atoms with Crippen LogP contribution in [-0.2, 0) is 4.79 Å². The number of nitrogens with one attached hydrogen (secondary N) is 1. The fraction of sp³-hybridized carbons (Fsp3) is 0.389. The van der Waals surface area contributed by atoms with Crippen molar-refractivity contribution >= 4 is 17.7 Å². The minimum Gasteiger partial charge on any atom is -0.481 e. The molecule has 1 saturated heterocycles. The van der Waals surface area contributed by atoms with Gasteiger partial charge in [0, 0.05) is 13.1 Å². The van der Waals surface area contributed by atoms with Crippen molar-refractivity contribution in [3.63, 3.8) is 0 Å². The summed E-state index contributed by atoms with van der Waals surface area (Å²) in [5.41, 5.74) is 3.88. The highest BCUT2D eigenvalue weighted by molar-refractivity contribution is 5.89. The van der Waals surface area contributed by atoms with Gasteiger partial charge in [0.1, 0.15) is 0 Å². The number of hydrogen-bond acceptors (Lipinski definition) is 3. The highest BCUT2D eigenvalue weighted by Crippen LogP contribution is 2.20. The normalized spacial score (nSPS) is 15.2. The third-order valence-electron chi connectivity index (χ3n) is 4.56. The molecule has 1 aromatic carbocycles. The van der Waals surface area contributed by atoms with Crippen molar-refractivity contribution in [2.75, 3.05) is 18.4 Å². The molecule has 7 heteroatoms. The maximum atomic E-state index is 12.3. The van der Waals surface area contributed by atoms with E-state index in [4.69, 9.17) is 5.11 Å². The van der Waals surface area contributed by atoms with Gasteiger partial charge in [-0.3, -0.25) is 4.79 Å². The molecule has 1 aromatic heterocycles. The molecule has 0 aliphatic carbocycles. The van der Waals surface area contributed by atoms with E-state index in [-0.39, 0.29) is 11.9 Å². The first kappa shape index (κ1) is 17.0. The van der Waals surface area contributed by atoms with E-state index in [1.54, 1.807) is 22.0 Å². The van der Waals surface area contributed by atoms with Crippen LogP contribution in [0.1, 0.15) is 24.0 Å². The topological polar surface area (TPSA) is 87.5 Å². The van der Waals surface area contributed by atoms with Crippen molar-refractivity contribution in [2.24, 2.45) is 5.92 Å². The van der Waals surface area contributed by atoms with Gasteiger partial charge in [-0.2, -0.15) is 5.10 Å². The number of benzene rings is 1. The summed E-state index contributed by atoms with van der Waals surface area (Å²) >= 11 is 0. The number of carboxylic acids is 1. The summed E-state index contributed by atoms with van der Waals surface area (Å²) < 4.78 is 1.74. The Bertz CT molecular complexity index is 791. The molecule has 7 nitrogen and oxygen atoms in total. The maximum Gasteiger partial charge on any atom is 0.321 e. The van der Waals surface area contributed by atoms with E-state index in [1.807, 2.05) is 26.0 Å². The fourth-order valence-electron chi connectivity index (χ4n) is 3.11. The molecule has 0 atom stereocenters. The summed E-state index contributed by atoms with van der Waals surface area (Å²) in [5.74, 6) is -1.13. The molecule has 1 aliphatic rings. The summed E-state index contributed by atoms with van der Waals surface area (Å²) in [6, 6.07) is 5.89. The highest BCUT2D eigenvalue weighted by atomic mass is 16.4. The zero-order valence-corrected chi connectivity index (χ0v) is 14.4. The molecule has 132 valence electrons. The number of carbonyl (C=O) groups is 2. The lowest BCUT2D eigenvalue weighted by atomic mass is 9.97. The Labute approximate surface area is 146 Å². The van der Waals surface area contributed by atoms with Crippen molar-refractivity contribution in [1.29, 1.82) is 0 Å². The monoisotopic (exact) mass is 342 g/mol. The van der Waals surface area contributed by atoms with Gasteiger partial charge < -0.3 is 15.3 Å². The molecular weight excluding hydrogens is 320 g/mol. The largest absolute Gasteiger partial charge is 0.481 e. The van der Waals surface area contributed by atoms with E-state index < -0.39 is 5.97 Å². The first-order valence-corrected chi connectivity index (χ1v) is 8.35. The molecule has 25 heavy (non-hydrogen) atoms. The lowest BCUT2D eigenvalue weighted by Crippen LogP contribution is -2.42. The second-order valence-corrected chi connectivity index (χ2v) is 6.49. The minimum absolute atomic E-state index is 0.219. The van der Waals surface area contributed by atoms with Gasteiger partial charge in [0.2, 0.25) is 0 Å². The van der Waals surface area contributed by atoms with Crippen LogP contribution in [0.4, 0.5) is 10.5 Å². The Morgan fingerprint density at radius 2 is 1.96 bits per heavy atom. The summed E-state index contributed by atoms with van der Waals surface area (Å²) in [6.07, 6.45) is 4.37. The zero-order chi connectivity index (χ0) is 18.0. The SMILES string of the molecule is Cc1ccc(-n2cc(NC(=O)N3CCC(C(=O)O)CC3)cn2)c(C)c1. The number of rotatable bonds is 3. The van der Waals surface area contributed by atoms with Gasteiger partial charge in [-0.25, -0.2) is 9.48 Å². The first-order valence-electron chi connectivity index (χ1n) is 8.35. The summed E-state index contributed by atoms with van der Waals surface area (Å²) in [6.45, 7) is 4.97. The molecule has 2 heterocycles. The van der Waals surface area contributed by atoms with Crippen LogP contribution in [-0.4, -0.2) is 44.9 Å². The lowest BCUT2D eigenvalue weighted by molar-refractivity contribution is -0.143. The quantitative estimate of drug-likeness (QED) is 0.898. The average molecular weight is 342 g/mol. The van der Waals surface area contributed by atoms with Gasteiger partial charge in [0.15, 0.2) is 0 Å². The van der Waals surface area contributed by atoms with E-state index >= 15 is 0 Å². The van der Waals surface area contributed by atoms with Crippen LogP contribution in [0.25, 0.3) is 5.69 Å². The molecule has 0 radical (unpaired) electrons. The van der Waals surface area contributed by atoms with Gasteiger partial charge in [-0.15, -0.1) is 0 Å². The fourth-order valence-corrected chi connectivity index (χ4v) is 3.11. The number of piperidine rings is 1. The van der Waals surface area contributed by atoms with E-state index in [2.05, 4.69) is 16.5 Å². The van der Waals surface area contributed by atoms with E-state index in [0.717, 1.165) is 11.3 Å². The maximum absolute atomic E-state index is 12.3. The molecular formula is C18H22N4O3. The third-order valence-corrected chi connectivity index (χ3v) is 4.56. The number of nitrogens with zero attached hydrogens (tertiary/aromatic N) is 3. The van der Waals surface area contributed by atoms with Crippen molar-refractivity contribution in [2.45, 2.75) is 26.7 Å². The second kappa shape index (κ2) is 6.96. The predicted molar refractivity (Wildman–Crippen MR) is 94.0 cm³/mol. The molecule has 2 amide bonds. The molecule has 0 unspecified atom stereocenters. The molecule has 0 saturated carbocycles. The van der Waals surface area contributed by atoms with Crippen LogP contribution in [0.15, 0.2) is 30.6 Å². The number of aryl methyl sites for hydroxylation is 2. The van der Waals surface area contributed by atoms with Crippen molar-refractivity contribution < 1.29 is 14.7 Å². The van der Waals surface area contributed by atoms with Crippen LogP contribution in [0.5, 0.6) is 0 Å². The summed E-state index contributed by atoms with van der Waals surface area (Å²) in [4.78, 5) is 25.0. The van der Waals surface area contributed by atoms with E-state index in [1.165, 1.54) is 5.56 Å². The molecule has 3 rings (SSSR count). The van der Waals surface area contributed by atoms with Crippen LogP contribution in [0.2, 0.25) is 0 Å². The Morgan fingerprint density at radius 1 is 1.24 bits per heavy atom. The Morgan fingerprint density at radius 3 is 2.60 bits per heavy atom. The van der Waals surface area contributed by atoms with Crippen molar-refractivity contribution in [3.8, 4) is 5.69 Å². The zero-order valence-electron chi connectivity index (χ0n) is 14.4. The first-order chi connectivity index (χ1) is 11.9. The van der Waals surface area contributed by atoms with Gasteiger partial charge in [0.25, 0.3) is 0 Å². The lowest BCUT2D eigenvalue weighted by Gasteiger charge is -2.29. The van der Waals surface area contributed by atoms with Crippen LogP contribution >= 0.6 is 0 Å². The number of aliphatic carboxylic acids is 1. The number of aromatic nitrogens is 2. The van der Waals surface area contributed by atoms with E-state index in [0.29, 0.717) is 31.6 Å². The number of likely N-dealkylation sites (tertiary alicyclic amines) is 1. The molecule has 1 aliphatic heterocycles. The highest BCUT2D eigenvalue weighted by Gasteiger charge is 2.27. The van der Waals surface area contributed by atoms with Crippen molar-refractivity contribution in [3.05, 3.63) is 41.7 Å². The van der Waals surface area contributed by atoms with Gasteiger partial charge in [-0.1, -0.05) is 17.7 Å². The smallest absolute Gasteiger partial charge is 0.321 e.